The van der Waals surface area contributed by atoms with Crippen molar-refractivity contribution < 1.29 is 19.0 Å². The normalized spacial score (nSPS) is 10.7. The van der Waals surface area contributed by atoms with Crippen LogP contribution in [0.4, 0.5) is 0 Å². The van der Waals surface area contributed by atoms with Crippen LogP contribution in [0.3, 0.4) is 0 Å². The van der Waals surface area contributed by atoms with Gasteiger partial charge >= 0.3 is 0 Å². The van der Waals surface area contributed by atoms with Crippen LogP contribution < -0.4 is 19.5 Å². The number of carbonyl (C=O) groups is 1. The first-order valence-electron chi connectivity index (χ1n) is 10.8. The maximum Gasteiger partial charge on any atom is 0.251 e. The highest BCUT2D eigenvalue weighted by atomic mass is 16.5. The number of methoxy groups -OCH3 is 2. The van der Waals surface area contributed by atoms with E-state index in [2.05, 4.69) is 9.88 Å². The Morgan fingerprint density at radius 3 is 2.39 bits per heavy atom. The highest BCUT2D eigenvalue weighted by Gasteiger charge is 2.12. The van der Waals surface area contributed by atoms with Crippen molar-refractivity contribution in [2.45, 2.75) is 13.0 Å². The Hall–Kier alpha value is -4.00. The molecule has 1 amide bonds. The Bertz CT molecular complexity index is 1220. The molecule has 1 N–H and O–H groups in total. The zero-order valence-corrected chi connectivity index (χ0v) is 18.8. The average molecular weight is 446 g/mol. The molecule has 1 heterocycles. The fraction of sp³-hybridized carbons (Fsp3) is 0.231. The summed E-state index contributed by atoms with van der Waals surface area (Å²) in [6, 6.07) is 22.6. The van der Waals surface area contributed by atoms with Crippen LogP contribution >= 0.6 is 0 Å². The van der Waals surface area contributed by atoms with Gasteiger partial charge in [0.25, 0.3) is 5.91 Å². The number of imidazole rings is 1. The molecule has 3 aromatic carbocycles. The molecule has 0 fully saturated rings. The first-order chi connectivity index (χ1) is 16.2. The van der Waals surface area contributed by atoms with Crippen molar-refractivity contribution in [2.75, 3.05) is 27.4 Å². The van der Waals surface area contributed by atoms with Gasteiger partial charge in [0.05, 0.1) is 31.8 Å². The van der Waals surface area contributed by atoms with Crippen LogP contribution in [0.5, 0.6) is 17.2 Å². The van der Waals surface area contributed by atoms with E-state index < -0.39 is 0 Å². The molecule has 4 rings (SSSR count). The number of para-hydroxylation sites is 4. The standard InChI is InChI=1S/C26H27N3O4/c1-31-20-13-11-19(12-14-20)26(30)27-16-15-25-28-21-7-3-4-8-22(21)29(25)17-18-33-24-10-6-5-9-23(24)32-2/h3-14H,15-18H2,1-2H3,(H,27,30). The minimum Gasteiger partial charge on any atom is -0.497 e. The van der Waals surface area contributed by atoms with Crippen LogP contribution in [0, 0.1) is 0 Å². The minimum absolute atomic E-state index is 0.125. The second kappa shape index (κ2) is 10.5. The van der Waals surface area contributed by atoms with Crippen molar-refractivity contribution in [3.05, 3.63) is 84.2 Å². The van der Waals surface area contributed by atoms with Gasteiger partial charge in [-0.3, -0.25) is 4.79 Å². The minimum atomic E-state index is -0.125. The number of hydrogen-bond acceptors (Lipinski definition) is 5. The molecule has 0 aliphatic heterocycles. The molecule has 0 aliphatic rings. The molecule has 0 atom stereocenters. The number of fused-ring (bicyclic) bond motifs is 1. The first-order valence-corrected chi connectivity index (χ1v) is 10.8. The molecular formula is C26H27N3O4. The number of ether oxygens (including phenoxy) is 3. The Kier molecular flexibility index (Phi) is 7.09. The van der Waals surface area contributed by atoms with Crippen molar-refractivity contribution in [1.29, 1.82) is 0 Å². The summed E-state index contributed by atoms with van der Waals surface area (Å²) in [5, 5.41) is 2.97. The van der Waals surface area contributed by atoms with Gasteiger partial charge < -0.3 is 24.1 Å². The zero-order chi connectivity index (χ0) is 23.0. The molecule has 0 saturated heterocycles. The molecule has 33 heavy (non-hydrogen) atoms. The summed E-state index contributed by atoms with van der Waals surface area (Å²) in [7, 11) is 3.23. The smallest absolute Gasteiger partial charge is 0.251 e. The van der Waals surface area contributed by atoms with E-state index in [0.29, 0.717) is 43.2 Å². The Morgan fingerprint density at radius 2 is 1.64 bits per heavy atom. The maximum absolute atomic E-state index is 12.5. The molecule has 0 radical (unpaired) electrons. The number of carbonyl (C=O) groups excluding carboxylic acids is 1. The van der Waals surface area contributed by atoms with Crippen molar-refractivity contribution >= 4 is 16.9 Å². The monoisotopic (exact) mass is 445 g/mol. The number of aromatic nitrogens is 2. The van der Waals surface area contributed by atoms with Crippen LogP contribution in [-0.4, -0.2) is 42.8 Å². The molecule has 4 aromatic rings. The number of hydrogen-bond donors (Lipinski definition) is 1. The maximum atomic E-state index is 12.5. The number of rotatable bonds is 10. The summed E-state index contributed by atoms with van der Waals surface area (Å²) in [6.07, 6.45) is 0.602. The molecule has 0 spiro atoms. The predicted molar refractivity (Wildman–Crippen MR) is 127 cm³/mol. The molecule has 0 aliphatic carbocycles. The molecule has 0 saturated carbocycles. The van der Waals surface area contributed by atoms with Crippen LogP contribution in [0.15, 0.2) is 72.8 Å². The van der Waals surface area contributed by atoms with Gasteiger partial charge in [-0.05, 0) is 48.5 Å². The van der Waals surface area contributed by atoms with Crippen LogP contribution in [-0.2, 0) is 13.0 Å². The van der Waals surface area contributed by atoms with E-state index in [0.717, 1.165) is 22.6 Å². The van der Waals surface area contributed by atoms with E-state index in [4.69, 9.17) is 19.2 Å². The lowest BCUT2D eigenvalue weighted by molar-refractivity contribution is 0.0954. The fourth-order valence-corrected chi connectivity index (χ4v) is 3.68. The molecule has 7 nitrogen and oxygen atoms in total. The van der Waals surface area contributed by atoms with Gasteiger partial charge in [-0.1, -0.05) is 24.3 Å². The molecular weight excluding hydrogens is 418 g/mol. The van der Waals surface area contributed by atoms with Gasteiger partial charge in [0.15, 0.2) is 11.5 Å². The third-order valence-corrected chi connectivity index (χ3v) is 5.36. The van der Waals surface area contributed by atoms with E-state index in [1.54, 1.807) is 38.5 Å². The Labute approximate surface area is 192 Å². The number of amides is 1. The van der Waals surface area contributed by atoms with Gasteiger partial charge in [0.2, 0.25) is 0 Å². The second-order valence-electron chi connectivity index (χ2n) is 7.40. The quantitative estimate of drug-likeness (QED) is 0.398. The van der Waals surface area contributed by atoms with E-state index in [-0.39, 0.29) is 5.91 Å². The van der Waals surface area contributed by atoms with Crippen LogP contribution in [0.25, 0.3) is 11.0 Å². The predicted octanol–water partition coefficient (Wildman–Crippen LogP) is 4.11. The first kappa shape index (κ1) is 22.2. The van der Waals surface area contributed by atoms with Crippen LogP contribution in [0.1, 0.15) is 16.2 Å². The summed E-state index contributed by atoms with van der Waals surface area (Å²) >= 11 is 0. The van der Waals surface area contributed by atoms with Crippen molar-refractivity contribution in [2.24, 2.45) is 0 Å². The third-order valence-electron chi connectivity index (χ3n) is 5.36. The topological polar surface area (TPSA) is 74.6 Å². The van der Waals surface area contributed by atoms with Crippen LogP contribution in [0.2, 0.25) is 0 Å². The van der Waals surface area contributed by atoms with Gasteiger partial charge in [-0.15, -0.1) is 0 Å². The zero-order valence-electron chi connectivity index (χ0n) is 18.8. The molecule has 0 bridgehead atoms. The summed E-state index contributed by atoms with van der Waals surface area (Å²) in [6.45, 7) is 1.56. The van der Waals surface area contributed by atoms with E-state index in [1.165, 1.54) is 0 Å². The Balaban J connectivity index is 1.41. The van der Waals surface area contributed by atoms with Crippen molar-refractivity contribution in [3.8, 4) is 17.2 Å². The van der Waals surface area contributed by atoms with Crippen molar-refractivity contribution in [3.63, 3.8) is 0 Å². The van der Waals surface area contributed by atoms with E-state index in [9.17, 15) is 4.79 Å². The molecule has 170 valence electrons. The second-order valence-corrected chi connectivity index (χ2v) is 7.40. The summed E-state index contributed by atoms with van der Waals surface area (Å²) in [5.74, 6) is 2.90. The van der Waals surface area contributed by atoms with E-state index in [1.807, 2.05) is 48.5 Å². The molecule has 0 unspecified atom stereocenters. The van der Waals surface area contributed by atoms with Crippen molar-refractivity contribution in [1.82, 2.24) is 14.9 Å². The lowest BCUT2D eigenvalue weighted by atomic mass is 10.2. The van der Waals surface area contributed by atoms with Gasteiger partial charge in [-0.25, -0.2) is 4.98 Å². The lowest BCUT2D eigenvalue weighted by Gasteiger charge is -2.13. The number of benzene rings is 3. The number of nitrogens with zero attached hydrogens (tertiary/aromatic N) is 2. The molecule has 7 heteroatoms. The highest BCUT2D eigenvalue weighted by molar-refractivity contribution is 5.94. The highest BCUT2D eigenvalue weighted by Crippen LogP contribution is 2.26. The summed E-state index contributed by atoms with van der Waals surface area (Å²) in [4.78, 5) is 17.2. The Morgan fingerprint density at radius 1 is 0.909 bits per heavy atom. The lowest BCUT2D eigenvalue weighted by Crippen LogP contribution is -2.26. The number of nitrogens with one attached hydrogen (secondary N) is 1. The molecule has 1 aromatic heterocycles. The third kappa shape index (κ3) is 5.26. The van der Waals surface area contributed by atoms with Gasteiger partial charge in [0.1, 0.15) is 18.2 Å². The largest absolute Gasteiger partial charge is 0.497 e. The summed E-state index contributed by atoms with van der Waals surface area (Å²) < 4.78 is 18.6. The van der Waals surface area contributed by atoms with Gasteiger partial charge in [-0.2, -0.15) is 0 Å². The average Bonchev–Trinajstić information content (AvgIpc) is 3.21. The van der Waals surface area contributed by atoms with Gasteiger partial charge in [0, 0.05) is 18.5 Å². The summed E-state index contributed by atoms with van der Waals surface area (Å²) in [5.41, 5.74) is 2.55. The fourth-order valence-electron chi connectivity index (χ4n) is 3.68. The SMILES string of the molecule is COc1ccc(C(=O)NCCc2nc3ccccc3n2CCOc2ccccc2OC)cc1. The van der Waals surface area contributed by atoms with E-state index >= 15 is 0 Å².